The zero-order valence-electron chi connectivity index (χ0n) is 8.72. The maximum absolute atomic E-state index is 10.7. The van der Waals surface area contributed by atoms with E-state index in [1.165, 1.54) is 12.1 Å². The van der Waals surface area contributed by atoms with Gasteiger partial charge in [0.2, 0.25) is 0 Å². The first-order chi connectivity index (χ1) is 7.68. The number of rotatable bonds is 2. The smallest absolute Gasteiger partial charge is 0.335 e. The van der Waals surface area contributed by atoms with Crippen molar-refractivity contribution >= 4 is 11.7 Å². The molecular formula is C11H13NO4. The van der Waals surface area contributed by atoms with E-state index in [2.05, 4.69) is 0 Å². The fraction of sp³-hybridized carbons (Fsp3) is 0.364. The number of aromatic hydroxyl groups is 1. The van der Waals surface area contributed by atoms with Gasteiger partial charge >= 0.3 is 5.97 Å². The number of benzene rings is 1. The highest BCUT2D eigenvalue weighted by Crippen LogP contribution is 2.28. The Bertz CT molecular complexity index is 399. The van der Waals surface area contributed by atoms with E-state index in [0.717, 1.165) is 0 Å². The summed E-state index contributed by atoms with van der Waals surface area (Å²) < 4.78 is 5.21. The van der Waals surface area contributed by atoms with E-state index in [9.17, 15) is 9.90 Å². The molecule has 16 heavy (non-hydrogen) atoms. The molecule has 1 aliphatic heterocycles. The number of carboxylic acids is 1. The van der Waals surface area contributed by atoms with Crippen molar-refractivity contribution in [2.75, 3.05) is 31.2 Å². The van der Waals surface area contributed by atoms with Crippen LogP contribution in [0.4, 0.5) is 5.69 Å². The molecule has 0 unspecified atom stereocenters. The van der Waals surface area contributed by atoms with Crippen molar-refractivity contribution < 1.29 is 19.7 Å². The average molecular weight is 223 g/mol. The summed E-state index contributed by atoms with van der Waals surface area (Å²) in [4.78, 5) is 12.7. The Morgan fingerprint density at radius 3 is 2.56 bits per heavy atom. The minimum Gasteiger partial charge on any atom is -0.506 e. The van der Waals surface area contributed by atoms with E-state index in [1.807, 2.05) is 4.90 Å². The van der Waals surface area contributed by atoms with Crippen LogP contribution in [0.25, 0.3) is 0 Å². The average Bonchev–Trinajstić information content (AvgIpc) is 2.30. The molecule has 0 radical (unpaired) electrons. The molecule has 0 spiro atoms. The minimum absolute atomic E-state index is 0.00167. The number of hydrogen-bond donors (Lipinski definition) is 2. The molecule has 1 aromatic rings. The predicted octanol–water partition coefficient (Wildman–Crippen LogP) is 0.927. The minimum atomic E-state index is -1.04. The molecule has 2 rings (SSSR count). The molecule has 5 nitrogen and oxygen atoms in total. The zero-order valence-corrected chi connectivity index (χ0v) is 8.72. The highest BCUT2D eigenvalue weighted by atomic mass is 16.5. The lowest BCUT2D eigenvalue weighted by molar-refractivity contribution is 0.0696. The van der Waals surface area contributed by atoms with Gasteiger partial charge < -0.3 is 19.8 Å². The highest BCUT2D eigenvalue weighted by Gasteiger charge is 2.15. The fourth-order valence-corrected chi connectivity index (χ4v) is 1.73. The quantitative estimate of drug-likeness (QED) is 0.780. The number of hydrogen-bond acceptors (Lipinski definition) is 4. The van der Waals surface area contributed by atoms with Gasteiger partial charge in [0.25, 0.3) is 0 Å². The second-order valence-electron chi connectivity index (χ2n) is 3.61. The summed E-state index contributed by atoms with van der Waals surface area (Å²) in [7, 11) is 0. The molecule has 1 saturated heterocycles. The Labute approximate surface area is 92.9 Å². The van der Waals surface area contributed by atoms with Crippen molar-refractivity contribution in [3.05, 3.63) is 23.8 Å². The number of ether oxygens (including phenoxy) is 1. The molecule has 5 heteroatoms. The van der Waals surface area contributed by atoms with Crippen LogP contribution >= 0.6 is 0 Å². The van der Waals surface area contributed by atoms with E-state index in [1.54, 1.807) is 6.07 Å². The van der Waals surface area contributed by atoms with Gasteiger partial charge in [-0.2, -0.15) is 0 Å². The van der Waals surface area contributed by atoms with Crippen LogP contribution in [-0.2, 0) is 4.74 Å². The lowest BCUT2D eigenvalue weighted by Crippen LogP contribution is -2.36. The van der Waals surface area contributed by atoms with Crippen LogP contribution in [0.15, 0.2) is 18.2 Å². The van der Waals surface area contributed by atoms with Gasteiger partial charge in [0.15, 0.2) is 0 Å². The van der Waals surface area contributed by atoms with Crippen molar-refractivity contribution in [2.24, 2.45) is 0 Å². The summed E-state index contributed by atoms with van der Waals surface area (Å²) in [5, 5.41) is 18.5. The molecule has 86 valence electrons. The van der Waals surface area contributed by atoms with Crippen LogP contribution in [0, 0.1) is 0 Å². The molecular weight excluding hydrogens is 210 g/mol. The SMILES string of the molecule is O=C(O)c1ccc(N2CCOCC2)c(O)c1. The van der Waals surface area contributed by atoms with Crippen molar-refractivity contribution in [1.82, 2.24) is 0 Å². The van der Waals surface area contributed by atoms with E-state index in [4.69, 9.17) is 9.84 Å². The van der Waals surface area contributed by atoms with Gasteiger partial charge in [0.05, 0.1) is 24.5 Å². The summed E-state index contributed by atoms with van der Waals surface area (Å²) in [6.45, 7) is 2.67. The molecule has 1 fully saturated rings. The van der Waals surface area contributed by atoms with E-state index >= 15 is 0 Å². The molecule has 0 aliphatic carbocycles. The van der Waals surface area contributed by atoms with Gasteiger partial charge in [-0.05, 0) is 18.2 Å². The Kier molecular flexibility index (Phi) is 2.96. The Hall–Kier alpha value is -1.75. The van der Waals surface area contributed by atoms with Crippen LogP contribution in [0.5, 0.6) is 5.75 Å². The molecule has 2 N–H and O–H groups in total. The van der Waals surface area contributed by atoms with Gasteiger partial charge in [-0.1, -0.05) is 0 Å². The molecule has 1 aromatic carbocycles. The molecule has 1 heterocycles. The molecule has 0 saturated carbocycles. The maximum atomic E-state index is 10.7. The third-order valence-electron chi connectivity index (χ3n) is 2.57. The van der Waals surface area contributed by atoms with Crippen molar-refractivity contribution in [1.29, 1.82) is 0 Å². The number of nitrogens with zero attached hydrogens (tertiary/aromatic N) is 1. The van der Waals surface area contributed by atoms with Crippen LogP contribution in [0.3, 0.4) is 0 Å². The zero-order chi connectivity index (χ0) is 11.5. The highest BCUT2D eigenvalue weighted by molar-refractivity contribution is 5.89. The van der Waals surface area contributed by atoms with Crippen LogP contribution < -0.4 is 4.90 Å². The standard InChI is InChI=1S/C11H13NO4/c13-10-7-8(11(14)15)1-2-9(10)12-3-5-16-6-4-12/h1-2,7,13H,3-6H2,(H,14,15). The summed E-state index contributed by atoms with van der Waals surface area (Å²) >= 11 is 0. The van der Waals surface area contributed by atoms with Crippen LogP contribution in [-0.4, -0.2) is 42.5 Å². The second-order valence-corrected chi connectivity index (χ2v) is 3.61. The van der Waals surface area contributed by atoms with Gasteiger partial charge in [0.1, 0.15) is 5.75 Å². The van der Waals surface area contributed by atoms with Gasteiger partial charge in [0, 0.05) is 13.1 Å². The van der Waals surface area contributed by atoms with Crippen LogP contribution in [0.1, 0.15) is 10.4 Å². The predicted molar refractivity (Wildman–Crippen MR) is 58.1 cm³/mol. The number of morpholine rings is 1. The summed E-state index contributed by atoms with van der Waals surface area (Å²) in [6.07, 6.45) is 0. The molecule has 0 amide bonds. The largest absolute Gasteiger partial charge is 0.506 e. The maximum Gasteiger partial charge on any atom is 0.335 e. The number of carboxylic acid groups (broad SMARTS) is 1. The Morgan fingerprint density at radius 1 is 1.31 bits per heavy atom. The lowest BCUT2D eigenvalue weighted by Gasteiger charge is -2.29. The monoisotopic (exact) mass is 223 g/mol. The number of carbonyl (C=O) groups is 1. The Morgan fingerprint density at radius 2 is 2.00 bits per heavy atom. The van der Waals surface area contributed by atoms with Crippen molar-refractivity contribution in [3.8, 4) is 5.75 Å². The third-order valence-corrected chi connectivity index (χ3v) is 2.57. The summed E-state index contributed by atoms with van der Waals surface area (Å²) in [5.74, 6) is -1.04. The molecule has 1 aliphatic rings. The van der Waals surface area contributed by atoms with E-state index in [-0.39, 0.29) is 11.3 Å². The van der Waals surface area contributed by atoms with Gasteiger partial charge in [-0.3, -0.25) is 0 Å². The molecule has 0 bridgehead atoms. The summed E-state index contributed by atoms with van der Waals surface area (Å²) in [5.41, 5.74) is 0.753. The number of phenolic OH excluding ortho intramolecular Hbond substituents is 1. The van der Waals surface area contributed by atoms with Crippen molar-refractivity contribution in [3.63, 3.8) is 0 Å². The Balaban J connectivity index is 2.24. The van der Waals surface area contributed by atoms with Crippen LogP contribution in [0.2, 0.25) is 0 Å². The lowest BCUT2D eigenvalue weighted by atomic mass is 10.1. The van der Waals surface area contributed by atoms with E-state index in [0.29, 0.717) is 32.0 Å². The van der Waals surface area contributed by atoms with Crippen molar-refractivity contribution in [2.45, 2.75) is 0 Å². The summed E-state index contributed by atoms with van der Waals surface area (Å²) in [6, 6.07) is 4.39. The number of aromatic carboxylic acids is 1. The first-order valence-electron chi connectivity index (χ1n) is 5.07. The first kappa shape index (κ1) is 10.8. The topological polar surface area (TPSA) is 70.0 Å². The van der Waals surface area contributed by atoms with E-state index < -0.39 is 5.97 Å². The molecule has 0 atom stereocenters. The normalized spacial score (nSPS) is 16.1. The third kappa shape index (κ3) is 2.09. The van der Waals surface area contributed by atoms with Gasteiger partial charge in [-0.15, -0.1) is 0 Å². The molecule has 0 aromatic heterocycles. The second kappa shape index (κ2) is 4.40. The first-order valence-corrected chi connectivity index (χ1v) is 5.07. The number of anilines is 1. The number of phenols is 1. The fourth-order valence-electron chi connectivity index (χ4n) is 1.73. The van der Waals surface area contributed by atoms with Gasteiger partial charge in [-0.25, -0.2) is 4.79 Å².